The third-order valence-electron chi connectivity index (χ3n) is 3.45. The van der Waals surface area contributed by atoms with Crippen LogP contribution in [0.5, 0.6) is 0 Å². The van der Waals surface area contributed by atoms with E-state index in [0.717, 1.165) is 12.8 Å². The zero-order valence-corrected chi connectivity index (χ0v) is 10.7. The minimum Gasteiger partial charge on any atom is -0.312 e. The van der Waals surface area contributed by atoms with Crippen molar-refractivity contribution in [2.75, 3.05) is 18.1 Å². The molecule has 0 aromatic heterocycles. The fraction of sp³-hybridized carbons (Fsp3) is 1.00. The van der Waals surface area contributed by atoms with E-state index in [2.05, 4.69) is 12.2 Å². The molecule has 2 aliphatic rings. The highest BCUT2D eigenvalue weighted by Crippen LogP contribution is 2.27. The normalized spacial score (nSPS) is 39.7. The largest absolute Gasteiger partial charge is 0.312 e. The fourth-order valence-corrected chi connectivity index (χ4v) is 5.37. The maximum atomic E-state index is 11.6. The van der Waals surface area contributed by atoms with E-state index in [-0.39, 0.29) is 5.25 Å². The Bertz CT molecular complexity index is 315. The first-order chi connectivity index (χ1) is 7.09. The van der Waals surface area contributed by atoms with Gasteiger partial charge in [0.1, 0.15) is 0 Å². The maximum absolute atomic E-state index is 11.6. The van der Waals surface area contributed by atoms with Crippen LogP contribution in [0.1, 0.15) is 26.2 Å². The van der Waals surface area contributed by atoms with Gasteiger partial charge in [0.15, 0.2) is 9.84 Å². The summed E-state index contributed by atoms with van der Waals surface area (Å²) in [5.41, 5.74) is 0. The van der Waals surface area contributed by atoms with Gasteiger partial charge >= 0.3 is 0 Å². The Balaban J connectivity index is 1.83. The standard InChI is InChI=1S/C10H19NO2S2/c1-8-10(4-5-14-8)11-7-9-3-2-6-15(9,12)13/h8-11H,2-7H2,1H3. The molecule has 2 rings (SSSR count). The lowest BCUT2D eigenvalue weighted by Crippen LogP contribution is -2.40. The van der Waals surface area contributed by atoms with Gasteiger partial charge in [-0.2, -0.15) is 11.8 Å². The Morgan fingerprint density at radius 2 is 2.20 bits per heavy atom. The molecule has 5 heteroatoms. The van der Waals surface area contributed by atoms with Crippen LogP contribution in [-0.2, 0) is 9.84 Å². The third-order valence-corrected chi connectivity index (χ3v) is 7.05. The van der Waals surface area contributed by atoms with Crippen molar-refractivity contribution in [1.82, 2.24) is 5.32 Å². The Morgan fingerprint density at radius 1 is 1.40 bits per heavy atom. The molecular formula is C10H19NO2S2. The molecule has 1 N–H and O–H groups in total. The highest BCUT2D eigenvalue weighted by Gasteiger charge is 2.32. The van der Waals surface area contributed by atoms with Crippen molar-refractivity contribution < 1.29 is 8.42 Å². The van der Waals surface area contributed by atoms with Crippen LogP contribution in [0.4, 0.5) is 0 Å². The van der Waals surface area contributed by atoms with Crippen LogP contribution in [0.3, 0.4) is 0 Å². The lowest BCUT2D eigenvalue weighted by Gasteiger charge is -2.18. The van der Waals surface area contributed by atoms with E-state index in [1.807, 2.05) is 11.8 Å². The number of nitrogens with one attached hydrogen (secondary N) is 1. The van der Waals surface area contributed by atoms with Crippen LogP contribution >= 0.6 is 11.8 Å². The van der Waals surface area contributed by atoms with Crippen molar-refractivity contribution in [2.45, 2.75) is 42.7 Å². The molecule has 3 unspecified atom stereocenters. The van der Waals surface area contributed by atoms with Crippen molar-refractivity contribution >= 4 is 21.6 Å². The monoisotopic (exact) mass is 249 g/mol. The number of rotatable bonds is 3. The van der Waals surface area contributed by atoms with Crippen LogP contribution in [0.15, 0.2) is 0 Å². The Morgan fingerprint density at radius 3 is 2.73 bits per heavy atom. The molecule has 0 aromatic carbocycles. The summed E-state index contributed by atoms with van der Waals surface area (Å²) in [4.78, 5) is 0. The van der Waals surface area contributed by atoms with Crippen LogP contribution in [0, 0.1) is 0 Å². The molecule has 0 aliphatic carbocycles. The Labute approximate surface area is 96.3 Å². The second-order valence-electron chi connectivity index (χ2n) is 4.51. The topological polar surface area (TPSA) is 46.2 Å². The smallest absolute Gasteiger partial charge is 0.154 e. The molecule has 15 heavy (non-hydrogen) atoms. The summed E-state index contributed by atoms with van der Waals surface area (Å²) in [6.45, 7) is 2.89. The van der Waals surface area contributed by atoms with Gasteiger partial charge in [0.2, 0.25) is 0 Å². The van der Waals surface area contributed by atoms with Gasteiger partial charge in [-0.3, -0.25) is 0 Å². The average Bonchev–Trinajstić information content (AvgIpc) is 2.69. The summed E-state index contributed by atoms with van der Waals surface area (Å²) in [6.07, 6.45) is 2.88. The summed E-state index contributed by atoms with van der Waals surface area (Å²) < 4.78 is 23.2. The Hall–Kier alpha value is 0.260. The van der Waals surface area contributed by atoms with Crippen LogP contribution < -0.4 is 5.32 Å². The minimum absolute atomic E-state index is 0.115. The van der Waals surface area contributed by atoms with E-state index < -0.39 is 9.84 Å². The summed E-state index contributed by atoms with van der Waals surface area (Å²) in [7, 11) is -2.77. The van der Waals surface area contributed by atoms with E-state index in [1.54, 1.807) is 0 Å². The molecule has 0 aromatic rings. The molecular weight excluding hydrogens is 230 g/mol. The molecule has 0 saturated carbocycles. The minimum atomic E-state index is -2.77. The molecule has 0 radical (unpaired) electrons. The maximum Gasteiger partial charge on any atom is 0.154 e. The van der Waals surface area contributed by atoms with Gasteiger partial charge in [-0.05, 0) is 25.0 Å². The van der Waals surface area contributed by atoms with Gasteiger partial charge < -0.3 is 5.32 Å². The lowest BCUT2D eigenvalue weighted by molar-refractivity contribution is 0.498. The molecule has 0 amide bonds. The summed E-state index contributed by atoms with van der Waals surface area (Å²) in [5.74, 6) is 1.60. The molecule has 2 saturated heterocycles. The molecule has 88 valence electrons. The number of thioether (sulfide) groups is 1. The first kappa shape index (κ1) is 11.7. The highest BCUT2D eigenvalue weighted by atomic mass is 32.2. The van der Waals surface area contributed by atoms with Gasteiger partial charge in [0.05, 0.1) is 11.0 Å². The van der Waals surface area contributed by atoms with Crippen molar-refractivity contribution in [3.8, 4) is 0 Å². The number of hydrogen-bond acceptors (Lipinski definition) is 4. The Kier molecular flexibility index (Phi) is 3.63. The van der Waals surface area contributed by atoms with E-state index in [1.165, 1.54) is 12.2 Å². The van der Waals surface area contributed by atoms with Crippen molar-refractivity contribution in [1.29, 1.82) is 0 Å². The second-order valence-corrected chi connectivity index (χ2v) is 8.40. The number of sulfone groups is 1. The molecule has 3 nitrogen and oxygen atoms in total. The third kappa shape index (κ3) is 2.68. The fourth-order valence-electron chi connectivity index (χ4n) is 2.37. The van der Waals surface area contributed by atoms with E-state index in [4.69, 9.17) is 0 Å². The summed E-state index contributed by atoms with van der Waals surface area (Å²) in [6, 6.07) is 0.519. The molecule has 2 heterocycles. The summed E-state index contributed by atoms with van der Waals surface area (Å²) in [5, 5.41) is 3.95. The molecule has 2 fully saturated rings. The molecule has 0 spiro atoms. The second kappa shape index (κ2) is 4.63. The predicted octanol–water partition coefficient (Wildman–Crippen LogP) is 1.05. The van der Waals surface area contributed by atoms with Crippen molar-refractivity contribution in [2.24, 2.45) is 0 Å². The highest BCUT2D eigenvalue weighted by molar-refractivity contribution is 8.00. The molecule has 0 bridgehead atoms. The van der Waals surface area contributed by atoms with Gasteiger partial charge in [-0.25, -0.2) is 8.42 Å². The van der Waals surface area contributed by atoms with Crippen LogP contribution in [0.25, 0.3) is 0 Å². The lowest BCUT2D eigenvalue weighted by atomic mass is 10.1. The van der Waals surface area contributed by atoms with Gasteiger partial charge in [0, 0.05) is 17.8 Å². The van der Waals surface area contributed by atoms with Gasteiger partial charge in [0.25, 0.3) is 0 Å². The predicted molar refractivity (Wildman–Crippen MR) is 65.1 cm³/mol. The van der Waals surface area contributed by atoms with Crippen LogP contribution in [0.2, 0.25) is 0 Å². The van der Waals surface area contributed by atoms with Gasteiger partial charge in [-0.1, -0.05) is 6.92 Å². The summed E-state index contributed by atoms with van der Waals surface area (Å²) >= 11 is 1.98. The zero-order valence-electron chi connectivity index (χ0n) is 9.11. The van der Waals surface area contributed by atoms with E-state index >= 15 is 0 Å². The van der Waals surface area contributed by atoms with Crippen LogP contribution in [-0.4, -0.2) is 43.0 Å². The zero-order chi connectivity index (χ0) is 10.9. The van der Waals surface area contributed by atoms with Crippen molar-refractivity contribution in [3.63, 3.8) is 0 Å². The van der Waals surface area contributed by atoms with Gasteiger partial charge in [-0.15, -0.1) is 0 Å². The first-order valence-corrected chi connectivity index (χ1v) is 8.42. The SMILES string of the molecule is CC1SCCC1NCC1CCCS1(=O)=O. The van der Waals surface area contributed by atoms with E-state index in [0.29, 0.717) is 23.6 Å². The quantitative estimate of drug-likeness (QED) is 0.812. The average molecular weight is 249 g/mol. The number of hydrogen-bond donors (Lipinski definition) is 1. The molecule has 2 aliphatic heterocycles. The van der Waals surface area contributed by atoms with Crippen molar-refractivity contribution in [3.05, 3.63) is 0 Å². The molecule has 3 atom stereocenters. The first-order valence-electron chi connectivity index (χ1n) is 5.66. The van der Waals surface area contributed by atoms with E-state index in [9.17, 15) is 8.42 Å².